The lowest BCUT2D eigenvalue weighted by Crippen LogP contribution is -2.25. The van der Waals surface area contributed by atoms with Gasteiger partial charge in [0.2, 0.25) is 5.71 Å². The van der Waals surface area contributed by atoms with Crippen molar-refractivity contribution in [1.29, 1.82) is 0 Å². The average molecular weight is 415 g/mol. The van der Waals surface area contributed by atoms with Crippen LogP contribution in [0.3, 0.4) is 0 Å². The molecule has 0 amide bonds. The number of benzene rings is 2. The van der Waals surface area contributed by atoms with Gasteiger partial charge in [-0.2, -0.15) is 0 Å². The molecular formula is C25H25N3O3. The molecule has 0 atom stereocenters. The number of ether oxygens (including phenoxy) is 1. The number of phenols is 1. The van der Waals surface area contributed by atoms with Crippen LogP contribution < -0.4 is 9.64 Å². The van der Waals surface area contributed by atoms with E-state index < -0.39 is 0 Å². The van der Waals surface area contributed by atoms with Gasteiger partial charge in [-0.1, -0.05) is 43.2 Å². The molecule has 1 fully saturated rings. The van der Waals surface area contributed by atoms with E-state index in [-0.39, 0.29) is 5.75 Å². The van der Waals surface area contributed by atoms with E-state index in [9.17, 15) is 5.11 Å². The van der Waals surface area contributed by atoms with Gasteiger partial charge in [0.05, 0.1) is 12.5 Å². The lowest BCUT2D eigenvalue weighted by molar-refractivity contribution is 0.373. The van der Waals surface area contributed by atoms with Crippen molar-refractivity contribution in [2.24, 2.45) is 0 Å². The van der Waals surface area contributed by atoms with Crippen LogP contribution in [0.2, 0.25) is 0 Å². The first kappa shape index (κ1) is 19.4. The monoisotopic (exact) mass is 415 g/mol. The summed E-state index contributed by atoms with van der Waals surface area (Å²) in [5.74, 6) is 2.07. The molecule has 158 valence electrons. The minimum absolute atomic E-state index is 0.0679. The Balaban J connectivity index is 1.76. The summed E-state index contributed by atoms with van der Waals surface area (Å²) < 4.78 is 11.5. The molecule has 0 saturated carbocycles. The van der Waals surface area contributed by atoms with Crippen LogP contribution in [-0.2, 0) is 0 Å². The van der Waals surface area contributed by atoms with Crippen molar-refractivity contribution >= 4 is 16.9 Å². The highest BCUT2D eigenvalue weighted by Crippen LogP contribution is 2.45. The summed E-state index contributed by atoms with van der Waals surface area (Å²) in [5.41, 5.74) is 3.29. The van der Waals surface area contributed by atoms with E-state index in [1.54, 1.807) is 18.5 Å². The molecule has 2 aromatic heterocycles. The van der Waals surface area contributed by atoms with Gasteiger partial charge in [-0.25, -0.2) is 9.97 Å². The van der Waals surface area contributed by atoms with Gasteiger partial charge in [0.1, 0.15) is 17.9 Å². The van der Waals surface area contributed by atoms with Crippen LogP contribution in [0.25, 0.3) is 33.6 Å². The molecule has 0 unspecified atom stereocenters. The van der Waals surface area contributed by atoms with Crippen LogP contribution in [-0.4, -0.2) is 35.3 Å². The van der Waals surface area contributed by atoms with E-state index in [1.807, 2.05) is 24.3 Å². The Hall–Kier alpha value is -3.54. The molecule has 1 N–H and O–H groups in total. The fourth-order valence-electron chi connectivity index (χ4n) is 4.36. The summed E-state index contributed by atoms with van der Waals surface area (Å²) in [4.78, 5) is 11.5. The second-order valence-corrected chi connectivity index (χ2v) is 7.84. The smallest absolute Gasteiger partial charge is 0.232 e. The molecule has 1 aliphatic heterocycles. The number of methoxy groups -OCH3 is 1. The molecule has 1 aliphatic rings. The van der Waals surface area contributed by atoms with Gasteiger partial charge in [-0.15, -0.1) is 0 Å². The van der Waals surface area contributed by atoms with Crippen molar-refractivity contribution in [3.8, 4) is 33.9 Å². The summed E-state index contributed by atoms with van der Waals surface area (Å²) >= 11 is 0. The SMILES string of the molecule is COc1ccc(-c2oc3ncnc(N4CCCCCC4)c3c2-c2ccccc2)cc1O. The fraction of sp³-hybridized carbons (Fsp3) is 0.280. The minimum Gasteiger partial charge on any atom is -0.504 e. The Bertz CT molecular complexity index is 1200. The van der Waals surface area contributed by atoms with Crippen LogP contribution in [0.4, 0.5) is 5.82 Å². The van der Waals surface area contributed by atoms with Crippen LogP contribution in [0.15, 0.2) is 59.3 Å². The fourth-order valence-corrected chi connectivity index (χ4v) is 4.36. The van der Waals surface area contributed by atoms with Gasteiger partial charge >= 0.3 is 0 Å². The van der Waals surface area contributed by atoms with E-state index in [1.165, 1.54) is 20.0 Å². The number of nitrogens with zero attached hydrogens (tertiary/aromatic N) is 3. The Morgan fingerprint density at radius 1 is 0.935 bits per heavy atom. The van der Waals surface area contributed by atoms with Crippen LogP contribution in [0.1, 0.15) is 25.7 Å². The van der Waals surface area contributed by atoms with Gasteiger partial charge in [0, 0.05) is 24.2 Å². The molecule has 0 radical (unpaired) electrons. The molecule has 4 aromatic rings. The number of rotatable bonds is 4. The number of fused-ring (bicyclic) bond motifs is 1. The van der Waals surface area contributed by atoms with Crippen molar-refractivity contribution in [1.82, 2.24) is 9.97 Å². The Labute approximate surface area is 181 Å². The van der Waals surface area contributed by atoms with Gasteiger partial charge < -0.3 is 19.2 Å². The van der Waals surface area contributed by atoms with Gasteiger partial charge in [-0.3, -0.25) is 0 Å². The number of furan rings is 1. The number of hydrogen-bond acceptors (Lipinski definition) is 6. The molecule has 1 saturated heterocycles. The largest absolute Gasteiger partial charge is 0.504 e. The summed E-state index contributed by atoms with van der Waals surface area (Å²) in [6.07, 6.45) is 6.39. The zero-order valence-corrected chi connectivity index (χ0v) is 17.5. The standard InChI is InChI=1S/C25H25N3O3/c1-30-20-12-11-18(15-19(20)29)23-21(17-9-5-4-6-10-17)22-24(26-16-27-25(22)31-23)28-13-7-2-3-8-14-28/h4-6,9-12,15-16,29H,2-3,7-8,13-14H2,1H3. The maximum absolute atomic E-state index is 10.4. The molecule has 6 nitrogen and oxygen atoms in total. The Kier molecular flexibility index (Phi) is 5.20. The van der Waals surface area contributed by atoms with E-state index >= 15 is 0 Å². The number of aromatic hydroxyl groups is 1. The van der Waals surface area contributed by atoms with Gasteiger partial charge in [-0.05, 0) is 36.6 Å². The molecule has 0 spiro atoms. The Morgan fingerprint density at radius 3 is 2.42 bits per heavy atom. The first-order valence-electron chi connectivity index (χ1n) is 10.7. The van der Waals surface area contributed by atoms with Crippen molar-refractivity contribution in [3.05, 3.63) is 54.9 Å². The number of hydrogen-bond donors (Lipinski definition) is 1. The van der Waals surface area contributed by atoms with Crippen molar-refractivity contribution in [2.45, 2.75) is 25.7 Å². The molecule has 2 aromatic carbocycles. The average Bonchev–Trinajstić information content (AvgIpc) is 2.99. The highest BCUT2D eigenvalue weighted by Gasteiger charge is 2.25. The molecule has 6 heteroatoms. The number of phenolic OH excluding ortho intramolecular Hbond substituents is 1. The Morgan fingerprint density at radius 2 is 1.71 bits per heavy atom. The van der Waals surface area contributed by atoms with Crippen LogP contribution in [0, 0.1) is 0 Å². The number of aromatic nitrogens is 2. The van der Waals surface area contributed by atoms with E-state index in [2.05, 4.69) is 22.0 Å². The zero-order valence-electron chi connectivity index (χ0n) is 17.5. The quantitative estimate of drug-likeness (QED) is 0.464. The summed E-state index contributed by atoms with van der Waals surface area (Å²) in [5, 5.41) is 11.3. The second kappa shape index (κ2) is 8.30. The molecular weight excluding hydrogens is 390 g/mol. The minimum atomic E-state index is 0.0679. The highest BCUT2D eigenvalue weighted by molar-refractivity contribution is 6.06. The topological polar surface area (TPSA) is 71.6 Å². The zero-order chi connectivity index (χ0) is 21.2. The van der Waals surface area contributed by atoms with E-state index in [4.69, 9.17) is 14.1 Å². The lowest BCUT2D eigenvalue weighted by atomic mass is 9.99. The predicted octanol–water partition coefficient (Wildman–Crippen LogP) is 5.65. The first-order valence-corrected chi connectivity index (χ1v) is 10.7. The first-order chi connectivity index (χ1) is 15.3. The van der Waals surface area contributed by atoms with E-state index in [0.29, 0.717) is 17.2 Å². The highest BCUT2D eigenvalue weighted by atomic mass is 16.5. The summed E-state index contributed by atoms with van der Waals surface area (Å²) in [7, 11) is 1.54. The molecule has 3 heterocycles. The van der Waals surface area contributed by atoms with Crippen molar-refractivity contribution < 1.29 is 14.3 Å². The van der Waals surface area contributed by atoms with Crippen LogP contribution in [0.5, 0.6) is 11.5 Å². The molecule has 0 bridgehead atoms. The maximum atomic E-state index is 10.4. The van der Waals surface area contributed by atoms with Crippen LogP contribution >= 0.6 is 0 Å². The molecule has 31 heavy (non-hydrogen) atoms. The summed E-state index contributed by atoms with van der Waals surface area (Å²) in [6, 6.07) is 15.5. The second-order valence-electron chi connectivity index (χ2n) is 7.84. The molecule has 0 aliphatic carbocycles. The third-order valence-corrected chi connectivity index (χ3v) is 5.88. The predicted molar refractivity (Wildman–Crippen MR) is 122 cm³/mol. The van der Waals surface area contributed by atoms with Gasteiger partial charge in [0.15, 0.2) is 11.5 Å². The lowest BCUT2D eigenvalue weighted by Gasteiger charge is -2.22. The third-order valence-electron chi connectivity index (χ3n) is 5.88. The summed E-state index contributed by atoms with van der Waals surface area (Å²) in [6.45, 7) is 1.95. The normalized spacial score (nSPS) is 14.5. The van der Waals surface area contributed by atoms with Crippen molar-refractivity contribution in [2.75, 3.05) is 25.1 Å². The molecule has 5 rings (SSSR count). The third kappa shape index (κ3) is 3.58. The maximum Gasteiger partial charge on any atom is 0.232 e. The number of anilines is 1. The van der Waals surface area contributed by atoms with E-state index in [0.717, 1.165) is 53.8 Å². The van der Waals surface area contributed by atoms with Gasteiger partial charge in [0.25, 0.3) is 0 Å². The van der Waals surface area contributed by atoms with Crippen molar-refractivity contribution in [3.63, 3.8) is 0 Å².